The standard InChI is InChI=1S/C8H8O5S.Na/c1-6-2-7(13-5-9)4-8(3-6)14(10,11)12;/h2-5H,1H3,(H,10,11,12);/q;+1/p-1. The molecule has 7 heteroatoms. The van der Waals surface area contributed by atoms with Crippen LogP contribution in [0.1, 0.15) is 5.56 Å². The van der Waals surface area contributed by atoms with E-state index in [1.54, 1.807) is 6.92 Å². The molecule has 0 aliphatic rings. The Morgan fingerprint density at radius 2 is 1.93 bits per heavy atom. The number of ether oxygens (including phenoxy) is 1. The molecule has 0 saturated carbocycles. The molecule has 1 aromatic rings. The van der Waals surface area contributed by atoms with E-state index in [1.165, 1.54) is 12.1 Å². The van der Waals surface area contributed by atoms with Gasteiger partial charge in [-0.1, -0.05) is 0 Å². The van der Waals surface area contributed by atoms with Gasteiger partial charge in [0.15, 0.2) is 0 Å². The van der Waals surface area contributed by atoms with Crippen molar-refractivity contribution in [2.45, 2.75) is 11.8 Å². The molecule has 0 aliphatic carbocycles. The molecule has 0 aliphatic heterocycles. The second kappa shape index (κ2) is 5.62. The van der Waals surface area contributed by atoms with Crippen LogP contribution in [0.3, 0.4) is 0 Å². The van der Waals surface area contributed by atoms with Gasteiger partial charge in [0.05, 0.1) is 4.90 Å². The average molecular weight is 238 g/mol. The molecule has 0 fully saturated rings. The third-order valence-electron chi connectivity index (χ3n) is 1.50. The Labute approximate surface area is 109 Å². The molecule has 0 spiro atoms. The first-order valence-corrected chi connectivity index (χ1v) is 5.02. The minimum atomic E-state index is -4.51. The maximum Gasteiger partial charge on any atom is 1.00 e. The fraction of sp³-hybridized carbons (Fsp3) is 0.125. The summed E-state index contributed by atoms with van der Waals surface area (Å²) < 4.78 is 36.4. The fourth-order valence-electron chi connectivity index (χ4n) is 0.982. The third-order valence-corrected chi connectivity index (χ3v) is 2.31. The summed E-state index contributed by atoms with van der Waals surface area (Å²) >= 11 is 0. The van der Waals surface area contributed by atoms with Gasteiger partial charge in [0.25, 0.3) is 6.47 Å². The number of carbonyl (C=O) groups is 1. The molecule has 0 saturated heterocycles. The summed E-state index contributed by atoms with van der Waals surface area (Å²) in [5, 5.41) is 0. The first-order valence-electron chi connectivity index (χ1n) is 3.61. The molecule has 0 bridgehead atoms. The average Bonchev–Trinajstić information content (AvgIpc) is 2.02. The van der Waals surface area contributed by atoms with E-state index in [2.05, 4.69) is 4.74 Å². The van der Waals surface area contributed by atoms with E-state index in [4.69, 9.17) is 0 Å². The van der Waals surface area contributed by atoms with Crippen LogP contribution in [0.4, 0.5) is 0 Å². The molecule has 0 amide bonds. The Balaban J connectivity index is 0.00000196. The van der Waals surface area contributed by atoms with Gasteiger partial charge in [-0.25, -0.2) is 8.42 Å². The monoisotopic (exact) mass is 238 g/mol. The van der Waals surface area contributed by atoms with E-state index < -0.39 is 15.0 Å². The minimum Gasteiger partial charge on any atom is -0.744 e. The normalized spacial score (nSPS) is 10.3. The Morgan fingerprint density at radius 1 is 1.33 bits per heavy atom. The topological polar surface area (TPSA) is 83.5 Å². The van der Waals surface area contributed by atoms with Crippen LogP contribution >= 0.6 is 0 Å². The van der Waals surface area contributed by atoms with Crippen LogP contribution in [0, 0.1) is 6.92 Å². The van der Waals surface area contributed by atoms with Gasteiger partial charge >= 0.3 is 29.6 Å². The summed E-state index contributed by atoms with van der Waals surface area (Å²) in [7, 11) is -4.51. The minimum absolute atomic E-state index is 0. The quantitative estimate of drug-likeness (QED) is 0.328. The van der Waals surface area contributed by atoms with E-state index >= 15 is 0 Å². The van der Waals surface area contributed by atoms with Crippen LogP contribution in [-0.4, -0.2) is 19.4 Å². The molecular weight excluding hydrogens is 231 g/mol. The summed E-state index contributed by atoms with van der Waals surface area (Å²) in [5.41, 5.74) is 0.527. The van der Waals surface area contributed by atoms with Crippen molar-refractivity contribution in [2.24, 2.45) is 0 Å². The third kappa shape index (κ3) is 4.31. The zero-order valence-electron chi connectivity index (χ0n) is 8.26. The molecule has 0 N–H and O–H groups in total. The van der Waals surface area contributed by atoms with Crippen LogP contribution in [0.2, 0.25) is 0 Å². The molecule has 0 heterocycles. The molecule has 15 heavy (non-hydrogen) atoms. The van der Waals surface area contributed by atoms with Crippen LogP contribution in [-0.2, 0) is 14.9 Å². The van der Waals surface area contributed by atoms with E-state index in [-0.39, 0.29) is 41.8 Å². The molecule has 0 aromatic heterocycles. The summed E-state index contributed by atoms with van der Waals surface area (Å²) in [4.78, 5) is 9.59. The van der Waals surface area contributed by atoms with Crippen molar-refractivity contribution in [1.82, 2.24) is 0 Å². The van der Waals surface area contributed by atoms with E-state index in [9.17, 15) is 17.8 Å². The summed E-state index contributed by atoms with van der Waals surface area (Å²) in [5.74, 6) is 0.0365. The van der Waals surface area contributed by atoms with Crippen molar-refractivity contribution in [3.05, 3.63) is 23.8 Å². The summed E-state index contributed by atoms with van der Waals surface area (Å²) in [6.07, 6.45) is 0. The fourth-order valence-corrected chi connectivity index (χ4v) is 1.57. The van der Waals surface area contributed by atoms with Crippen LogP contribution in [0.25, 0.3) is 0 Å². The van der Waals surface area contributed by atoms with Gasteiger partial charge in [-0.3, -0.25) is 4.79 Å². The molecule has 5 nitrogen and oxygen atoms in total. The summed E-state index contributed by atoms with van der Waals surface area (Å²) in [6.45, 7) is 1.75. The molecule has 76 valence electrons. The maximum absolute atomic E-state index is 10.6. The molecule has 0 unspecified atom stereocenters. The van der Waals surface area contributed by atoms with E-state index in [0.29, 0.717) is 5.56 Å². The molecule has 1 rings (SSSR count). The predicted octanol–water partition coefficient (Wildman–Crippen LogP) is -2.56. The number of rotatable bonds is 3. The van der Waals surface area contributed by atoms with Gasteiger partial charge in [0, 0.05) is 0 Å². The van der Waals surface area contributed by atoms with Crippen molar-refractivity contribution >= 4 is 16.6 Å². The zero-order valence-corrected chi connectivity index (χ0v) is 11.1. The molecular formula is C8H7NaO5S. The second-order valence-electron chi connectivity index (χ2n) is 2.65. The van der Waals surface area contributed by atoms with Crippen molar-refractivity contribution in [3.8, 4) is 5.75 Å². The number of carbonyl (C=O) groups excluding carboxylic acids is 1. The van der Waals surface area contributed by atoms with Crippen molar-refractivity contribution in [3.63, 3.8) is 0 Å². The van der Waals surface area contributed by atoms with Crippen LogP contribution < -0.4 is 34.3 Å². The van der Waals surface area contributed by atoms with Gasteiger partial charge in [0.1, 0.15) is 15.9 Å². The van der Waals surface area contributed by atoms with Gasteiger partial charge in [0.2, 0.25) is 0 Å². The van der Waals surface area contributed by atoms with Gasteiger partial charge in [-0.15, -0.1) is 0 Å². The summed E-state index contributed by atoms with van der Waals surface area (Å²) in [6, 6.07) is 3.66. The van der Waals surface area contributed by atoms with Crippen molar-refractivity contribution < 1.29 is 52.1 Å². The van der Waals surface area contributed by atoms with Crippen molar-refractivity contribution in [2.75, 3.05) is 0 Å². The van der Waals surface area contributed by atoms with Crippen LogP contribution in [0.5, 0.6) is 5.75 Å². The molecule has 0 atom stereocenters. The number of hydrogen-bond acceptors (Lipinski definition) is 5. The number of aryl methyl sites for hydroxylation is 1. The van der Waals surface area contributed by atoms with Crippen LogP contribution in [0.15, 0.2) is 23.1 Å². The Hall–Kier alpha value is -0.400. The SMILES string of the molecule is Cc1cc(OC=O)cc(S(=O)(=O)[O-])c1.[Na+]. The Morgan fingerprint density at radius 3 is 2.40 bits per heavy atom. The largest absolute Gasteiger partial charge is 1.00 e. The van der Waals surface area contributed by atoms with Gasteiger partial charge in [-0.05, 0) is 30.7 Å². The van der Waals surface area contributed by atoms with Gasteiger partial charge in [-0.2, -0.15) is 0 Å². The molecule has 0 radical (unpaired) electrons. The number of benzene rings is 1. The predicted molar refractivity (Wildman–Crippen MR) is 45.8 cm³/mol. The van der Waals surface area contributed by atoms with Gasteiger partial charge < -0.3 is 9.29 Å². The maximum atomic E-state index is 10.6. The van der Waals surface area contributed by atoms with E-state index in [1.807, 2.05) is 0 Å². The Bertz CT molecular complexity index is 454. The first kappa shape index (κ1) is 14.6. The second-order valence-corrected chi connectivity index (χ2v) is 4.03. The smallest absolute Gasteiger partial charge is 0.744 e. The van der Waals surface area contributed by atoms with Crippen molar-refractivity contribution in [1.29, 1.82) is 0 Å². The van der Waals surface area contributed by atoms with E-state index in [0.717, 1.165) is 6.07 Å². The first-order chi connectivity index (χ1) is 6.43. The zero-order chi connectivity index (χ0) is 10.8. The molecule has 1 aromatic carbocycles. The number of hydrogen-bond donors (Lipinski definition) is 0. The Kier molecular flexibility index (Phi) is 5.47.